The van der Waals surface area contributed by atoms with Crippen molar-refractivity contribution < 1.29 is 9.53 Å². The first-order chi connectivity index (χ1) is 13.6. The average molecular weight is 377 g/mol. The first-order valence-corrected chi connectivity index (χ1v) is 9.42. The number of amides is 1. The van der Waals surface area contributed by atoms with Gasteiger partial charge in [0.1, 0.15) is 6.33 Å². The van der Waals surface area contributed by atoms with Gasteiger partial charge in [-0.15, -0.1) is 0 Å². The van der Waals surface area contributed by atoms with E-state index in [0.717, 1.165) is 46.6 Å². The molecule has 0 fully saturated rings. The zero-order valence-electron chi connectivity index (χ0n) is 16.3. The lowest BCUT2D eigenvalue weighted by Crippen LogP contribution is -2.36. The lowest BCUT2D eigenvalue weighted by Gasteiger charge is -2.27. The molecule has 1 amide bonds. The lowest BCUT2D eigenvalue weighted by molar-refractivity contribution is 0.0734. The highest BCUT2D eigenvalue weighted by molar-refractivity contribution is 5.96. The summed E-state index contributed by atoms with van der Waals surface area (Å²) in [6.45, 7) is 5.26. The van der Waals surface area contributed by atoms with E-state index in [1.54, 1.807) is 7.11 Å². The summed E-state index contributed by atoms with van der Waals surface area (Å²) in [5, 5.41) is 7.48. The van der Waals surface area contributed by atoms with E-state index >= 15 is 0 Å². The van der Waals surface area contributed by atoms with E-state index in [2.05, 4.69) is 27.1 Å². The van der Waals surface area contributed by atoms with E-state index in [1.165, 1.54) is 6.33 Å². The van der Waals surface area contributed by atoms with Crippen molar-refractivity contribution in [3.05, 3.63) is 58.8 Å². The molecular formula is C21H23N5O2. The maximum absolute atomic E-state index is 13.2. The van der Waals surface area contributed by atoms with Crippen molar-refractivity contribution >= 4 is 5.91 Å². The first kappa shape index (κ1) is 18.2. The molecule has 3 heterocycles. The van der Waals surface area contributed by atoms with Crippen molar-refractivity contribution in [2.75, 3.05) is 13.7 Å². The average Bonchev–Trinajstić information content (AvgIpc) is 3.15. The van der Waals surface area contributed by atoms with Gasteiger partial charge < -0.3 is 9.64 Å². The van der Waals surface area contributed by atoms with Gasteiger partial charge in [0.05, 0.1) is 24.1 Å². The van der Waals surface area contributed by atoms with Gasteiger partial charge in [-0.25, -0.2) is 9.97 Å². The van der Waals surface area contributed by atoms with Gasteiger partial charge in [0.2, 0.25) is 5.88 Å². The number of hydrogen-bond donors (Lipinski definition) is 1. The van der Waals surface area contributed by atoms with Crippen molar-refractivity contribution in [2.24, 2.45) is 0 Å². The summed E-state index contributed by atoms with van der Waals surface area (Å²) in [6, 6.07) is 7.58. The minimum atomic E-state index is 0.0178. The van der Waals surface area contributed by atoms with E-state index in [-0.39, 0.29) is 5.91 Å². The number of H-pyrrole nitrogens is 1. The van der Waals surface area contributed by atoms with Gasteiger partial charge >= 0.3 is 0 Å². The molecule has 0 saturated carbocycles. The molecule has 1 aliphatic heterocycles. The Hall–Kier alpha value is -3.22. The number of hydrogen-bond acceptors (Lipinski definition) is 5. The van der Waals surface area contributed by atoms with Crippen molar-refractivity contribution in [1.29, 1.82) is 0 Å². The standard InChI is InChI=1S/C21H23N5O2/c1-4-17-16-11-26(9-8-18(16)25-24-17)21(27)15-7-5-6-14(10-15)19-13(2)22-12-23-20(19)28-3/h5-7,10,12H,4,8-9,11H2,1-3H3,(H,24,25). The number of carbonyl (C=O) groups excluding carboxylic acids is 1. The second kappa shape index (κ2) is 7.42. The third-order valence-electron chi connectivity index (χ3n) is 5.23. The number of fused-ring (bicyclic) bond motifs is 1. The number of aromatic nitrogens is 4. The Labute approximate surface area is 163 Å². The third-order valence-corrected chi connectivity index (χ3v) is 5.23. The Morgan fingerprint density at radius 1 is 1.32 bits per heavy atom. The maximum Gasteiger partial charge on any atom is 0.254 e. The third kappa shape index (κ3) is 3.13. The summed E-state index contributed by atoms with van der Waals surface area (Å²) in [6.07, 6.45) is 3.14. The normalized spacial score (nSPS) is 13.3. The predicted octanol–water partition coefficient (Wildman–Crippen LogP) is 2.94. The Balaban J connectivity index is 1.65. The second-order valence-corrected chi connectivity index (χ2v) is 6.88. The summed E-state index contributed by atoms with van der Waals surface area (Å²) >= 11 is 0. The van der Waals surface area contributed by atoms with Crippen LogP contribution in [0.25, 0.3) is 11.1 Å². The van der Waals surface area contributed by atoms with Crippen LogP contribution in [0.15, 0.2) is 30.6 Å². The quantitative estimate of drug-likeness (QED) is 0.756. The van der Waals surface area contributed by atoms with Crippen molar-refractivity contribution in [2.45, 2.75) is 33.2 Å². The van der Waals surface area contributed by atoms with Crippen LogP contribution in [-0.4, -0.2) is 44.6 Å². The number of benzene rings is 1. The Kier molecular flexibility index (Phi) is 4.81. The summed E-state index contributed by atoms with van der Waals surface area (Å²) in [5.74, 6) is 0.523. The number of aromatic amines is 1. The summed E-state index contributed by atoms with van der Waals surface area (Å²) in [7, 11) is 1.59. The summed E-state index contributed by atoms with van der Waals surface area (Å²) in [5.41, 5.74) is 6.49. The zero-order chi connectivity index (χ0) is 19.7. The molecule has 0 radical (unpaired) electrons. The van der Waals surface area contributed by atoms with Gasteiger partial charge in [-0.3, -0.25) is 9.89 Å². The molecule has 1 aliphatic rings. The Morgan fingerprint density at radius 3 is 2.96 bits per heavy atom. The van der Waals surface area contributed by atoms with Crippen LogP contribution in [-0.2, 0) is 19.4 Å². The molecule has 0 spiro atoms. The molecule has 144 valence electrons. The number of nitrogens with one attached hydrogen (secondary N) is 1. The molecule has 4 rings (SSSR count). The molecule has 7 nitrogen and oxygen atoms in total. The number of ether oxygens (including phenoxy) is 1. The van der Waals surface area contributed by atoms with E-state index in [0.29, 0.717) is 24.5 Å². The van der Waals surface area contributed by atoms with Crippen LogP contribution in [0.2, 0.25) is 0 Å². The molecule has 0 unspecified atom stereocenters. The first-order valence-electron chi connectivity index (χ1n) is 9.42. The topological polar surface area (TPSA) is 84.0 Å². The lowest BCUT2D eigenvalue weighted by atomic mass is 10.0. The monoisotopic (exact) mass is 377 g/mol. The van der Waals surface area contributed by atoms with Gasteiger partial charge in [-0.1, -0.05) is 19.1 Å². The number of carbonyl (C=O) groups is 1. The maximum atomic E-state index is 13.2. The summed E-state index contributed by atoms with van der Waals surface area (Å²) in [4.78, 5) is 23.5. The van der Waals surface area contributed by atoms with Gasteiger partial charge in [-0.2, -0.15) is 5.10 Å². The summed E-state index contributed by atoms with van der Waals surface area (Å²) < 4.78 is 5.40. The van der Waals surface area contributed by atoms with Gasteiger partial charge in [0.25, 0.3) is 5.91 Å². The molecule has 28 heavy (non-hydrogen) atoms. The zero-order valence-corrected chi connectivity index (χ0v) is 16.3. The Bertz CT molecular complexity index is 1010. The fraction of sp³-hybridized carbons (Fsp3) is 0.333. The second-order valence-electron chi connectivity index (χ2n) is 6.88. The van der Waals surface area contributed by atoms with Crippen LogP contribution in [0.1, 0.15) is 39.9 Å². The molecular weight excluding hydrogens is 354 g/mol. The molecule has 3 aromatic rings. The van der Waals surface area contributed by atoms with E-state index < -0.39 is 0 Å². The molecule has 7 heteroatoms. The highest BCUT2D eigenvalue weighted by atomic mass is 16.5. The highest BCUT2D eigenvalue weighted by Gasteiger charge is 2.25. The van der Waals surface area contributed by atoms with Crippen LogP contribution in [0.5, 0.6) is 5.88 Å². The fourth-order valence-electron chi connectivity index (χ4n) is 3.75. The predicted molar refractivity (Wildman–Crippen MR) is 105 cm³/mol. The van der Waals surface area contributed by atoms with E-state index in [4.69, 9.17) is 4.74 Å². The van der Waals surface area contributed by atoms with Crippen molar-refractivity contribution in [3.8, 4) is 17.0 Å². The molecule has 1 aromatic carbocycles. The minimum absolute atomic E-state index is 0.0178. The van der Waals surface area contributed by atoms with Crippen LogP contribution < -0.4 is 4.74 Å². The SMILES string of the molecule is CCc1n[nH]c2c1CN(C(=O)c1cccc(-c3c(C)ncnc3OC)c1)CC2. The number of nitrogens with zero attached hydrogens (tertiary/aromatic N) is 4. The van der Waals surface area contributed by atoms with E-state index in [9.17, 15) is 4.79 Å². The largest absolute Gasteiger partial charge is 0.480 e. The van der Waals surface area contributed by atoms with Crippen LogP contribution in [0, 0.1) is 6.92 Å². The van der Waals surface area contributed by atoms with E-state index in [1.807, 2.05) is 36.1 Å². The number of aryl methyl sites for hydroxylation is 2. The molecule has 0 aliphatic carbocycles. The fourth-order valence-corrected chi connectivity index (χ4v) is 3.75. The molecule has 0 saturated heterocycles. The van der Waals surface area contributed by atoms with Gasteiger partial charge in [0.15, 0.2) is 0 Å². The molecule has 0 bridgehead atoms. The molecule has 2 aromatic heterocycles. The van der Waals surface area contributed by atoms with Gasteiger partial charge in [-0.05, 0) is 31.0 Å². The van der Waals surface area contributed by atoms with Crippen LogP contribution in [0.3, 0.4) is 0 Å². The van der Waals surface area contributed by atoms with Gasteiger partial charge in [0, 0.05) is 36.3 Å². The number of methoxy groups -OCH3 is 1. The van der Waals surface area contributed by atoms with Crippen molar-refractivity contribution in [3.63, 3.8) is 0 Å². The van der Waals surface area contributed by atoms with Crippen LogP contribution in [0.4, 0.5) is 0 Å². The smallest absolute Gasteiger partial charge is 0.254 e. The highest BCUT2D eigenvalue weighted by Crippen LogP contribution is 2.31. The van der Waals surface area contributed by atoms with Crippen LogP contribution >= 0.6 is 0 Å². The minimum Gasteiger partial charge on any atom is -0.480 e. The molecule has 0 atom stereocenters. The van der Waals surface area contributed by atoms with Crippen molar-refractivity contribution in [1.82, 2.24) is 25.1 Å². The Morgan fingerprint density at radius 2 is 2.18 bits per heavy atom. The molecule has 1 N–H and O–H groups in total. The number of rotatable bonds is 4.